The average molecular weight is 362 g/mol. The minimum Gasteiger partial charge on any atom is -0.497 e. The molecule has 4 heteroatoms. The Morgan fingerprint density at radius 1 is 1.22 bits per heavy atom. The second-order valence-electron chi connectivity index (χ2n) is 7.31. The molecule has 1 atom stereocenters. The van der Waals surface area contributed by atoms with Gasteiger partial charge < -0.3 is 14.2 Å². The lowest BCUT2D eigenvalue weighted by Crippen LogP contribution is -2.29. The number of hydrogen-bond acceptors (Lipinski definition) is 2. The Hall–Kier alpha value is -2.75. The van der Waals surface area contributed by atoms with Gasteiger partial charge in [-0.15, -0.1) is 0 Å². The molecule has 4 nitrogen and oxygen atoms in total. The summed E-state index contributed by atoms with van der Waals surface area (Å²) in [4.78, 5) is 15.0. The fourth-order valence-electron chi connectivity index (χ4n) is 4.23. The molecule has 1 aliphatic heterocycles. The number of aromatic nitrogens is 1. The quantitative estimate of drug-likeness (QED) is 0.679. The highest BCUT2D eigenvalue weighted by atomic mass is 16.5. The van der Waals surface area contributed by atoms with Gasteiger partial charge in [-0.25, -0.2) is 0 Å². The zero-order valence-electron chi connectivity index (χ0n) is 16.2. The van der Waals surface area contributed by atoms with Crippen LogP contribution in [0, 0.1) is 6.92 Å². The van der Waals surface area contributed by atoms with E-state index >= 15 is 0 Å². The van der Waals surface area contributed by atoms with Gasteiger partial charge in [0.25, 0.3) is 5.91 Å². The number of benzene rings is 2. The van der Waals surface area contributed by atoms with Crippen LogP contribution in [0.5, 0.6) is 5.75 Å². The average Bonchev–Trinajstić information content (AvgIpc) is 3.32. The smallest absolute Gasteiger partial charge is 0.254 e. The van der Waals surface area contributed by atoms with Crippen molar-refractivity contribution >= 4 is 16.8 Å². The van der Waals surface area contributed by atoms with Crippen molar-refractivity contribution in [3.05, 3.63) is 65.4 Å². The first kappa shape index (κ1) is 17.7. The summed E-state index contributed by atoms with van der Waals surface area (Å²) in [5.74, 6) is 1.30. The molecule has 2 aromatic carbocycles. The van der Waals surface area contributed by atoms with Crippen molar-refractivity contribution in [2.45, 2.75) is 32.7 Å². The Balaban J connectivity index is 1.58. The number of aryl methyl sites for hydroxylation is 2. The molecular formula is C23H26N2O2. The molecule has 1 unspecified atom stereocenters. The number of rotatable bonds is 4. The number of ether oxygens (including phenoxy) is 1. The van der Waals surface area contributed by atoms with Crippen LogP contribution in [-0.2, 0) is 6.54 Å². The van der Waals surface area contributed by atoms with E-state index in [1.165, 1.54) is 16.5 Å². The van der Waals surface area contributed by atoms with E-state index in [1.807, 2.05) is 30.0 Å². The molecule has 27 heavy (non-hydrogen) atoms. The molecule has 0 radical (unpaired) electrons. The van der Waals surface area contributed by atoms with Gasteiger partial charge >= 0.3 is 0 Å². The normalized spacial score (nSPS) is 16.9. The van der Waals surface area contributed by atoms with Crippen molar-refractivity contribution in [3.8, 4) is 5.75 Å². The summed E-state index contributed by atoms with van der Waals surface area (Å²) < 4.78 is 7.57. The molecule has 3 aromatic rings. The van der Waals surface area contributed by atoms with Crippen LogP contribution in [0.2, 0.25) is 0 Å². The molecule has 0 N–H and O–H groups in total. The molecule has 0 bridgehead atoms. The SMILES string of the molecule is CCn1cc(C2CCN(C(=O)c3ccc(OC)cc3C)C2)c2ccccc21. The Morgan fingerprint density at radius 2 is 2.04 bits per heavy atom. The van der Waals surface area contributed by atoms with Gasteiger partial charge in [0.1, 0.15) is 5.75 Å². The maximum absolute atomic E-state index is 13.0. The van der Waals surface area contributed by atoms with Crippen LogP contribution in [0.25, 0.3) is 10.9 Å². The van der Waals surface area contributed by atoms with Crippen LogP contribution in [0.4, 0.5) is 0 Å². The van der Waals surface area contributed by atoms with Crippen LogP contribution >= 0.6 is 0 Å². The number of amides is 1. The molecule has 1 aliphatic rings. The first-order valence-corrected chi connectivity index (χ1v) is 9.64. The highest BCUT2D eigenvalue weighted by Gasteiger charge is 2.30. The zero-order valence-corrected chi connectivity index (χ0v) is 16.2. The third-order valence-corrected chi connectivity index (χ3v) is 5.74. The Labute approximate surface area is 160 Å². The molecular weight excluding hydrogens is 336 g/mol. The first-order valence-electron chi connectivity index (χ1n) is 9.64. The van der Waals surface area contributed by atoms with E-state index in [4.69, 9.17) is 4.74 Å². The summed E-state index contributed by atoms with van der Waals surface area (Å²) in [7, 11) is 1.65. The van der Waals surface area contributed by atoms with Gasteiger partial charge in [0.05, 0.1) is 7.11 Å². The minimum absolute atomic E-state index is 0.122. The highest BCUT2D eigenvalue weighted by Crippen LogP contribution is 2.34. The van der Waals surface area contributed by atoms with Gasteiger partial charge in [-0.1, -0.05) is 18.2 Å². The molecule has 1 amide bonds. The largest absolute Gasteiger partial charge is 0.497 e. The Kier molecular flexibility index (Phi) is 4.65. The predicted octanol–water partition coefficient (Wildman–Crippen LogP) is 4.61. The lowest BCUT2D eigenvalue weighted by atomic mass is 9.98. The second-order valence-corrected chi connectivity index (χ2v) is 7.31. The summed E-state index contributed by atoms with van der Waals surface area (Å²) in [6.45, 7) is 6.69. The topological polar surface area (TPSA) is 34.5 Å². The number of methoxy groups -OCH3 is 1. The summed E-state index contributed by atoms with van der Waals surface area (Å²) in [5.41, 5.74) is 4.39. The monoisotopic (exact) mass is 362 g/mol. The van der Waals surface area contributed by atoms with Gasteiger partial charge in [-0.3, -0.25) is 4.79 Å². The predicted molar refractivity (Wildman–Crippen MR) is 109 cm³/mol. The van der Waals surface area contributed by atoms with E-state index in [2.05, 4.69) is 42.0 Å². The van der Waals surface area contributed by atoms with Gasteiger partial charge in [-0.05, 0) is 55.7 Å². The van der Waals surface area contributed by atoms with Crippen molar-refractivity contribution in [2.24, 2.45) is 0 Å². The van der Waals surface area contributed by atoms with E-state index in [1.54, 1.807) is 7.11 Å². The lowest BCUT2D eigenvalue weighted by molar-refractivity contribution is 0.0790. The van der Waals surface area contributed by atoms with Crippen molar-refractivity contribution in [3.63, 3.8) is 0 Å². The standard InChI is InChI=1S/C23H26N2O2/c1-4-24-15-21(20-7-5-6-8-22(20)24)17-11-12-25(14-17)23(26)19-10-9-18(27-3)13-16(19)2/h5-10,13,15,17H,4,11-12,14H2,1-3H3. The molecule has 140 valence electrons. The first-order chi connectivity index (χ1) is 13.1. The van der Waals surface area contributed by atoms with E-state index in [0.29, 0.717) is 5.92 Å². The molecule has 0 spiro atoms. The van der Waals surface area contributed by atoms with Gasteiger partial charge in [-0.2, -0.15) is 0 Å². The third-order valence-electron chi connectivity index (χ3n) is 5.74. The van der Waals surface area contributed by atoms with Gasteiger partial charge in [0.15, 0.2) is 0 Å². The summed E-state index contributed by atoms with van der Waals surface area (Å²) >= 11 is 0. The zero-order chi connectivity index (χ0) is 19.0. The number of likely N-dealkylation sites (tertiary alicyclic amines) is 1. The van der Waals surface area contributed by atoms with Crippen molar-refractivity contribution < 1.29 is 9.53 Å². The van der Waals surface area contributed by atoms with Gasteiger partial charge in [0, 0.05) is 48.2 Å². The maximum atomic E-state index is 13.0. The summed E-state index contributed by atoms with van der Waals surface area (Å²) in [6.07, 6.45) is 3.29. The Bertz CT molecular complexity index is 989. The van der Waals surface area contributed by atoms with E-state index < -0.39 is 0 Å². The number of hydrogen-bond donors (Lipinski definition) is 0. The molecule has 4 rings (SSSR count). The van der Waals surface area contributed by atoms with Gasteiger partial charge in [0.2, 0.25) is 0 Å². The Morgan fingerprint density at radius 3 is 2.78 bits per heavy atom. The van der Waals surface area contributed by atoms with Crippen LogP contribution in [0.1, 0.15) is 40.7 Å². The van der Waals surface area contributed by atoms with E-state index in [9.17, 15) is 4.79 Å². The highest BCUT2D eigenvalue weighted by molar-refractivity contribution is 5.96. The molecule has 1 aromatic heterocycles. The van der Waals surface area contributed by atoms with Crippen LogP contribution in [0.3, 0.4) is 0 Å². The fourth-order valence-corrected chi connectivity index (χ4v) is 4.23. The van der Waals surface area contributed by atoms with Crippen molar-refractivity contribution in [2.75, 3.05) is 20.2 Å². The lowest BCUT2D eigenvalue weighted by Gasteiger charge is -2.18. The van der Waals surface area contributed by atoms with Crippen LogP contribution in [0.15, 0.2) is 48.7 Å². The fraction of sp³-hybridized carbons (Fsp3) is 0.348. The van der Waals surface area contributed by atoms with Crippen molar-refractivity contribution in [1.82, 2.24) is 9.47 Å². The minimum atomic E-state index is 0.122. The number of nitrogens with zero attached hydrogens (tertiary/aromatic N) is 2. The molecule has 1 fully saturated rings. The summed E-state index contributed by atoms with van der Waals surface area (Å²) in [5, 5.41) is 1.32. The van der Waals surface area contributed by atoms with E-state index in [-0.39, 0.29) is 5.91 Å². The maximum Gasteiger partial charge on any atom is 0.254 e. The molecule has 0 saturated carbocycles. The number of carbonyl (C=O) groups is 1. The number of fused-ring (bicyclic) bond motifs is 1. The van der Waals surface area contributed by atoms with Crippen LogP contribution in [-0.4, -0.2) is 35.6 Å². The van der Waals surface area contributed by atoms with Crippen molar-refractivity contribution in [1.29, 1.82) is 0 Å². The van der Waals surface area contributed by atoms with E-state index in [0.717, 1.165) is 42.9 Å². The number of para-hydroxylation sites is 1. The summed E-state index contributed by atoms with van der Waals surface area (Å²) in [6, 6.07) is 14.3. The number of carbonyl (C=O) groups excluding carboxylic acids is 1. The molecule has 1 saturated heterocycles. The second kappa shape index (κ2) is 7.10. The van der Waals surface area contributed by atoms with Crippen LogP contribution < -0.4 is 4.74 Å². The third kappa shape index (κ3) is 3.09. The molecule has 0 aliphatic carbocycles. The molecule has 2 heterocycles.